The molecule has 3 fully saturated rings. The second kappa shape index (κ2) is 10.8. The van der Waals surface area contributed by atoms with Gasteiger partial charge in [-0.05, 0) is 76.5 Å². The number of rotatable bonds is 10. The van der Waals surface area contributed by atoms with E-state index in [1.807, 2.05) is 19.2 Å². The molecule has 12 heteroatoms. The number of sulfone groups is 1. The van der Waals surface area contributed by atoms with Crippen molar-refractivity contribution in [3.8, 4) is 10.6 Å². The first kappa shape index (κ1) is 28.6. The Bertz CT molecular complexity index is 1770. The van der Waals surface area contributed by atoms with Crippen LogP contribution < -0.4 is 10.6 Å². The largest absolute Gasteiger partial charge is 0.388 e. The van der Waals surface area contributed by atoms with Crippen LogP contribution in [-0.4, -0.2) is 62.2 Å². The summed E-state index contributed by atoms with van der Waals surface area (Å²) in [5, 5.41) is 30.4. The van der Waals surface area contributed by atoms with Crippen molar-refractivity contribution in [3.05, 3.63) is 54.0 Å². The minimum absolute atomic E-state index is 0.155. The van der Waals surface area contributed by atoms with Gasteiger partial charge in [-0.15, -0.1) is 11.3 Å². The van der Waals surface area contributed by atoms with Gasteiger partial charge < -0.3 is 20.8 Å². The van der Waals surface area contributed by atoms with E-state index in [-0.39, 0.29) is 23.1 Å². The Labute approximate surface area is 255 Å². The summed E-state index contributed by atoms with van der Waals surface area (Å²) >= 11 is 1.52. The monoisotopic (exact) mass is 620 g/mol. The number of hydrogen-bond donors (Lipinski definition) is 4. The van der Waals surface area contributed by atoms with Crippen molar-refractivity contribution in [2.24, 2.45) is 11.8 Å². The number of hydrogen-bond acceptors (Lipinski definition) is 11. The summed E-state index contributed by atoms with van der Waals surface area (Å²) in [6.07, 6.45) is 5.53. The van der Waals surface area contributed by atoms with Gasteiger partial charge in [-0.3, -0.25) is 4.98 Å². The fourth-order valence-electron chi connectivity index (χ4n) is 6.16. The van der Waals surface area contributed by atoms with E-state index < -0.39 is 27.6 Å². The molecule has 0 spiro atoms. The Balaban J connectivity index is 1.23. The molecule has 3 aromatic heterocycles. The molecule has 43 heavy (non-hydrogen) atoms. The number of nitrogens with one attached hydrogen (secondary N) is 2. The zero-order valence-corrected chi connectivity index (χ0v) is 25.8. The molecule has 4 unspecified atom stereocenters. The van der Waals surface area contributed by atoms with Gasteiger partial charge in [0, 0.05) is 24.1 Å². The third-order valence-electron chi connectivity index (χ3n) is 8.99. The highest BCUT2D eigenvalue weighted by Crippen LogP contribution is 2.45. The maximum atomic E-state index is 13.1. The van der Waals surface area contributed by atoms with Crippen LogP contribution in [0.1, 0.15) is 62.8 Å². The predicted molar refractivity (Wildman–Crippen MR) is 167 cm³/mol. The zero-order valence-electron chi connectivity index (χ0n) is 24.2. The normalized spacial score (nSPS) is 24.7. The average Bonchev–Trinajstić information content (AvgIpc) is 3.91. The first-order valence-electron chi connectivity index (χ1n) is 15.0. The van der Waals surface area contributed by atoms with E-state index >= 15 is 0 Å². The SMILES string of the molecule is Cc1nc(NC(C)C2CC2)nc(NC2(O)CCC(CS(=O)(=O)c3ccccc3)C2O)c1-c1nc2c(C3CC3)nccc2s1. The predicted octanol–water partition coefficient (Wildman–Crippen LogP) is 4.89. The molecule has 4 atom stereocenters. The van der Waals surface area contributed by atoms with Crippen LogP contribution >= 0.6 is 11.3 Å². The number of aryl methyl sites for hydroxylation is 1. The second-order valence-corrected chi connectivity index (χ2v) is 15.4. The minimum Gasteiger partial charge on any atom is -0.388 e. The summed E-state index contributed by atoms with van der Waals surface area (Å²) in [5.41, 5.74) is 1.43. The van der Waals surface area contributed by atoms with Crippen LogP contribution in [0.3, 0.4) is 0 Å². The van der Waals surface area contributed by atoms with Crippen molar-refractivity contribution in [1.82, 2.24) is 19.9 Å². The van der Waals surface area contributed by atoms with Crippen LogP contribution in [-0.2, 0) is 9.84 Å². The van der Waals surface area contributed by atoms with Crippen LogP contribution in [0, 0.1) is 18.8 Å². The van der Waals surface area contributed by atoms with Crippen molar-refractivity contribution in [1.29, 1.82) is 0 Å². The standard InChI is InChI=1S/C31H36N6O4S2/c1-17(19-8-9-19)33-30-34-18(2)24(29-35-26-23(42-29)13-15-32-25(26)20-10-11-20)28(36-30)37-31(39)14-12-21(27(31)38)16-43(40,41)22-6-4-3-5-7-22/h3-7,13,15,17,19-21,27,38-39H,8-12,14,16H2,1-2H3,(H2,33,34,36,37). The molecule has 10 nitrogen and oxygen atoms in total. The fraction of sp³-hybridized carbons (Fsp3) is 0.484. The van der Waals surface area contributed by atoms with Crippen LogP contribution in [0.5, 0.6) is 0 Å². The topological polar surface area (TPSA) is 150 Å². The van der Waals surface area contributed by atoms with E-state index in [0.29, 0.717) is 46.3 Å². The molecule has 1 aromatic carbocycles. The first-order valence-corrected chi connectivity index (χ1v) is 17.5. The molecular formula is C31H36N6O4S2. The van der Waals surface area contributed by atoms with E-state index in [4.69, 9.17) is 15.0 Å². The molecule has 3 aliphatic carbocycles. The smallest absolute Gasteiger partial charge is 0.225 e. The Kier molecular flexibility index (Phi) is 7.15. The van der Waals surface area contributed by atoms with Gasteiger partial charge in [0.25, 0.3) is 0 Å². The number of aromatic nitrogens is 4. The number of aliphatic hydroxyl groups is 2. The number of fused-ring (bicyclic) bond motifs is 1. The Morgan fingerprint density at radius 3 is 2.56 bits per heavy atom. The molecule has 0 bridgehead atoms. The Hall–Kier alpha value is -3.19. The molecule has 4 aromatic rings. The molecule has 0 amide bonds. The summed E-state index contributed by atoms with van der Waals surface area (Å²) in [6, 6.07) is 10.4. The molecule has 4 N–H and O–H groups in total. The summed E-state index contributed by atoms with van der Waals surface area (Å²) in [7, 11) is -3.65. The molecule has 3 aliphatic rings. The average molecular weight is 621 g/mol. The zero-order chi connectivity index (χ0) is 29.9. The van der Waals surface area contributed by atoms with Crippen LogP contribution in [0.2, 0.25) is 0 Å². The first-order chi connectivity index (χ1) is 20.6. The van der Waals surface area contributed by atoms with Gasteiger partial charge in [-0.1, -0.05) is 18.2 Å². The highest BCUT2D eigenvalue weighted by Gasteiger charge is 2.49. The van der Waals surface area contributed by atoms with Crippen LogP contribution in [0.15, 0.2) is 47.5 Å². The number of nitrogens with zero attached hydrogens (tertiary/aromatic N) is 4. The minimum atomic E-state index is -3.65. The Morgan fingerprint density at radius 2 is 1.84 bits per heavy atom. The van der Waals surface area contributed by atoms with E-state index in [9.17, 15) is 18.6 Å². The molecule has 0 radical (unpaired) electrons. The quantitative estimate of drug-likeness (QED) is 0.181. The lowest BCUT2D eigenvalue weighted by Crippen LogP contribution is -2.48. The van der Waals surface area contributed by atoms with Gasteiger partial charge in [0.05, 0.1) is 32.3 Å². The van der Waals surface area contributed by atoms with Crippen molar-refractivity contribution < 1.29 is 18.6 Å². The molecule has 3 saturated carbocycles. The van der Waals surface area contributed by atoms with Crippen molar-refractivity contribution in [3.63, 3.8) is 0 Å². The van der Waals surface area contributed by atoms with Crippen molar-refractivity contribution in [2.45, 2.75) is 81.1 Å². The lowest BCUT2D eigenvalue weighted by molar-refractivity contribution is -0.0442. The highest BCUT2D eigenvalue weighted by molar-refractivity contribution is 7.91. The second-order valence-electron chi connectivity index (χ2n) is 12.4. The third kappa shape index (κ3) is 5.61. The molecule has 7 rings (SSSR count). The lowest BCUT2D eigenvalue weighted by Gasteiger charge is -2.31. The summed E-state index contributed by atoms with van der Waals surface area (Å²) in [6.45, 7) is 4.01. The van der Waals surface area contributed by atoms with E-state index in [1.54, 1.807) is 30.3 Å². The number of thiazole rings is 1. The number of benzene rings is 1. The molecule has 0 saturated heterocycles. The maximum absolute atomic E-state index is 13.1. The molecule has 3 heterocycles. The van der Waals surface area contributed by atoms with E-state index in [1.165, 1.54) is 24.2 Å². The van der Waals surface area contributed by atoms with Crippen molar-refractivity contribution in [2.75, 3.05) is 16.4 Å². The van der Waals surface area contributed by atoms with Crippen LogP contribution in [0.4, 0.5) is 11.8 Å². The van der Waals surface area contributed by atoms with Gasteiger partial charge in [-0.25, -0.2) is 18.4 Å². The van der Waals surface area contributed by atoms with E-state index in [2.05, 4.69) is 22.5 Å². The van der Waals surface area contributed by atoms with Gasteiger partial charge in [0.2, 0.25) is 5.95 Å². The van der Waals surface area contributed by atoms with Crippen molar-refractivity contribution >= 4 is 43.2 Å². The van der Waals surface area contributed by atoms with Crippen LogP contribution in [0.25, 0.3) is 20.8 Å². The maximum Gasteiger partial charge on any atom is 0.225 e. The molecular weight excluding hydrogens is 585 g/mol. The molecule has 0 aliphatic heterocycles. The van der Waals surface area contributed by atoms with Gasteiger partial charge in [0.15, 0.2) is 15.6 Å². The Morgan fingerprint density at radius 1 is 1.07 bits per heavy atom. The third-order valence-corrected chi connectivity index (χ3v) is 11.9. The molecule has 226 valence electrons. The summed E-state index contributed by atoms with van der Waals surface area (Å²) in [5.74, 6) is 0.873. The summed E-state index contributed by atoms with van der Waals surface area (Å²) < 4.78 is 27.2. The van der Waals surface area contributed by atoms with E-state index in [0.717, 1.165) is 28.8 Å². The number of aliphatic hydroxyl groups excluding tert-OH is 1. The lowest BCUT2D eigenvalue weighted by atomic mass is 10.0. The van der Waals surface area contributed by atoms with Gasteiger partial charge in [0.1, 0.15) is 22.4 Å². The highest BCUT2D eigenvalue weighted by atomic mass is 32.2. The summed E-state index contributed by atoms with van der Waals surface area (Å²) in [4.78, 5) is 19.4. The number of pyridine rings is 1. The fourth-order valence-corrected chi connectivity index (χ4v) is 8.91. The van der Waals surface area contributed by atoms with Gasteiger partial charge >= 0.3 is 0 Å². The van der Waals surface area contributed by atoms with Gasteiger partial charge in [-0.2, -0.15) is 4.98 Å². The number of anilines is 2.